The number of anilines is 1. The van der Waals surface area contributed by atoms with Crippen LogP contribution in [0.4, 0.5) is 5.69 Å². The number of nitrogens with zero attached hydrogens (tertiary/aromatic N) is 1. The van der Waals surface area contributed by atoms with Crippen molar-refractivity contribution < 1.29 is 4.79 Å². The van der Waals surface area contributed by atoms with Crippen molar-refractivity contribution in [3.63, 3.8) is 0 Å². The fourth-order valence-corrected chi connectivity index (χ4v) is 1.48. The summed E-state index contributed by atoms with van der Waals surface area (Å²) in [5.74, 6) is -0.174. The number of carbonyl (C=O) groups is 1. The first-order valence-corrected chi connectivity index (χ1v) is 5.36. The molecule has 0 fully saturated rings. The molecule has 0 radical (unpaired) electrons. The molecule has 1 aromatic carbocycles. The smallest absolute Gasteiger partial charge is 0.252 e. The molecule has 3 N–H and O–H groups in total. The Bertz CT molecular complexity index is 379. The predicted octanol–water partition coefficient (Wildman–Crippen LogP) is 1.21. The van der Waals surface area contributed by atoms with Crippen LogP contribution in [0.15, 0.2) is 18.2 Å². The Morgan fingerprint density at radius 3 is 2.75 bits per heavy atom. The van der Waals surface area contributed by atoms with Crippen molar-refractivity contribution in [3.8, 4) is 0 Å². The number of amides is 1. The summed E-state index contributed by atoms with van der Waals surface area (Å²) in [7, 11) is 3.89. The van der Waals surface area contributed by atoms with Crippen molar-refractivity contribution in [2.75, 3.05) is 32.9 Å². The van der Waals surface area contributed by atoms with E-state index in [9.17, 15) is 4.79 Å². The van der Waals surface area contributed by atoms with E-state index in [4.69, 9.17) is 17.3 Å². The van der Waals surface area contributed by atoms with Gasteiger partial charge in [-0.05, 0) is 32.3 Å². The van der Waals surface area contributed by atoms with Crippen molar-refractivity contribution in [2.24, 2.45) is 0 Å². The molecule has 1 aromatic rings. The molecule has 0 saturated heterocycles. The maximum Gasteiger partial charge on any atom is 0.252 e. The first-order chi connectivity index (χ1) is 7.50. The highest BCUT2D eigenvalue weighted by Gasteiger charge is 2.09. The van der Waals surface area contributed by atoms with Crippen molar-refractivity contribution >= 4 is 23.2 Å². The lowest BCUT2D eigenvalue weighted by Crippen LogP contribution is -2.31. The quantitative estimate of drug-likeness (QED) is 0.780. The van der Waals surface area contributed by atoms with E-state index in [1.165, 1.54) is 0 Å². The molecule has 4 nitrogen and oxygen atoms in total. The summed E-state index contributed by atoms with van der Waals surface area (Å²) in [6.45, 7) is 1.38. The van der Waals surface area contributed by atoms with Gasteiger partial charge in [-0.3, -0.25) is 4.79 Å². The zero-order chi connectivity index (χ0) is 12.1. The van der Waals surface area contributed by atoms with E-state index in [-0.39, 0.29) is 5.91 Å². The molecule has 16 heavy (non-hydrogen) atoms. The molecule has 88 valence electrons. The third-order valence-corrected chi connectivity index (χ3v) is 2.40. The average Bonchev–Trinajstić information content (AvgIpc) is 2.16. The van der Waals surface area contributed by atoms with Crippen LogP contribution in [-0.4, -0.2) is 38.0 Å². The van der Waals surface area contributed by atoms with Crippen LogP contribution in [0.25, 0.3) is 0 Å². The molecular weight excluding hydrogens is 226 g/mol. The van der Waals surface area contributed by atoms with E-state index in [0.717, 1.165) is 6.54 Å². The highest BCUT2D eigenvalue weighted by Crippen LogP contribution is 2.18. The number of benzene rings is 1. The minimum atomic E-state index is -0.174. The van der Waals surface area contributed by atoms with Crippen LogP contribution in [0.1, 0.15) is 10.4 Å². The molecular formula is C11H16ClN3O. The van der Waals surface area contributed by atoms with Crippen molar-refractivity contribution in [1.29, 1.82) is 0 Å². The Labute approximate surface area is 100 Å². The van der Waals surface area contributed by atoms with E-state index in [1.807, 2.05) is 19.0 Å². The second-order valence-electron chi connectivity index (χ2n) is 3.80. The zero-order valence-electron chi connectivity index (χ0n) is 9.46. The molecule has 0 atom stereocenters. The number of hydrogen-bond donors (Lipinski definition) is 2. The number of nitrogens with two attached hydrogens (primary N) is 1. The fourth-order valence-electron chi connectivity index (χ4n) is 1.20. The van der Waals surface area contributed by atoms with Crippen LogP contribution in [0.5, 0.6) is 0 Å². The first kappa shape index (κ1) is 12.8. The lowest BCUT2D eigenvalue weighted by Gasteiger charge is -2.11. The molecule has 5 heteroatoms. The largest absolute Gasteiger partial charge is 0.399 e. The number of hydrogen-bond acceptors (Lipinski definition) is 3. The number of nitrogen functional groups attached to an aromatic ring is 1. The Morgan fingerprint density at radius 2 is 2.19 bits per heavy atom. The van der Waals surface area contributed by atoms with Gasteiger partial charge in [-0.25, -0.2) is 0 Å². The molecule has 1 rings (SSSR count). The molecule has 0 bridgehead atoms. The Balaban J connectivity index is 2.59. The Kier molecular flexibility index (Phi) is 4.58. The fraction of sp³-hybridized carbons (Fsp3) is 0.364. The summed E-state index contributed by atoms with van der Waals surface area (Å²) in [5, 5.41) is 3.16. The molecule has 0 saturated carbocycles. The molecule has 0 heterocycles. The van der Waals surface area contributed by atoms with Crippen molar-refractivity contribution in [2.45, 2.75) is 0 Å². The summed E-state index contributed by atoms with van der Waals surface area (Å²) in [6, 6.07) is 4.86. The van der Waals surface area contributed by atoms with Crippen molar-refractivity contribution in [1.82, 2.24) is 10.2 Å². The van der Waals surface area contributed by atoms with Crippen LogP contribution in [-0.2, 0) is 0 Å². The summed E-state index contributed by atoms with van der Waals surface area (Å²) in [4.78, 5) is 13.7. The van der Waals surface area contributed by atoms with Crippen LogP contribution in [0.2, 0.25) is 5.02 Å². The van der Waals surface area contributed by atoms with Gasteiger partial charge in [0.25, 0.3) is 5.91 Å². The Hall–Kier alpha value is -1.26. The third kappa shape index (κ3) is 3.72. The second-order valence-corrected chi connectivity index (χ2v) is 4.21. The van der Waals surface area contributed by atoms with E-state index >= 15 is 0 Å². The van der Waals surface area contributed by atoms with Gasteiger partial charge in [0.1, 0.15) is 0 Å². The highest BCUT2D eigenvalue weighted by atomic mass is 35.5. The first-order valence-electron chi connectivity index (χ1n) is 4.98. The molecule has 1 amide bonds. The number of likely N-dealkylation sites (N-methyl/N-ethyl adjacent to an activating group) is 1. The lowest BCUT2D eigenvalue weighted by molar-refractivity contribution is 0.0951. The average molecular weight is 242 g/mol. The van der Waals surface area contributed by atoms with Gasteiger partial charge in [-0.1, -0.05) is 11.6 Å². The van der Waals surface area contributed by atoms with Crippen molar-refractivity contribution in [3.05, 3.63) is 28.8 Å². The monoisotopic (exact) mass is 241 g/mol. The summed E-state index contributed by atoms with van der Waals surface area (Å²) < 4.78 is 0. The summed E-state index contributed by atoms with van der Waals surface area (Å²) in [5.41, 5.74) is 6.55. The molecule has 0 spiro atoms. The number of halogens is 1. The molecule has 0 aliphatic rings. The maximum absolute atomic E-state index is 11.7. The summed E-state index contributed by atoms with van der Waals surface area (Å²) in [6.07, 6.45) is 0. The molecule has 0 aromatic heterocycles. The normalized spacial score (nSPS) is 10.5. The van der Waals surface area contributed by atoms with Gasteiger partial charge in [0.2, 0.25) is 0 Å². The van der Waals surface area contributed by atoms with E-state index < -0.39 is 0 Å². The van der Waals surface area contributed by atoms with Gasteiger partial charge in [0.15, 0.2) is 0 Å². The topological polar surface area (TPSA) is 58.4 Å². The second kappa shape index (κ2) is 5.72. The van der Waals surface area contributed by atoms with Gasteiger partial charge in [0.05, 0.1) is 10.6 Å². The van der Waals surface area contributed by atoms with Gasteiger partial charge >= 0.3 is 0 Å². The van der Waals surface area contributed by atoms with E-state index in [0.29, 0.717) is 22.8 Å². The SMILES string of the molecule is CN(C)CCNC(=O)c1ccc(N)cc1Cl. The van der Waals surface area contributed by atoms with Gasteiger partial charge in [-0.15, -0.1) is 0 Å². The van der Waals surface area contributed by atoms with Gasteiger partial charge in [-0.2, -0.15) is 0 Å². The van der Waals surface area contributed by atoms with Crippen LogP contribution < -0.4 is 11.1 Å². The lowest BCUT2D eigenvalue weighted by atomic mass is 10.2. The Morgan fingerprint density at radius 1 is 1.50 bits per heavy atom. The third-order valence-electron chi connectivity index (χ3n) is 2.08. The standard InChI is InChI=1S/C11H16ClN3O/c1-15(2)6-5-14-11(16)9-4-3-8(13)7-10(9)12/h3-4,7H,5-6,13H2,1-2H3,(H,14,16). The maximum atomic E-state index is 11.7. The molecule has 0 unspecified atom stereocenters. The van der Waals surface area contributed by atoms with E-state index in [1.54, 1.807) is 18.2 Å². The van der Waals surface area contributed by atoms with Gasteiger partial charge < -0.3 is 16.0 Å². The molecule has 0 aliphatic carbocycles. The minimum absolute atomic E-state index is 0.174. The number of nitrogens with one attached hydrogen (secondary N) is 1. The zero-order valence-corrected chi connectivity index (χ0v) is 10.2. The highest BCUT2D eigenvalue weighted by molar-refractivity contribution is 6.34. The number of carbonyl (C=O) groups excluding carboxylic acids is 1. The van der Waals surface area contributed by atoms with Crippen LogP contribution >= 0.6 is 11.6 Å². The van der Waals surface area contributed by atoms with E-state index in [2.05, 4.69) is 5.32 Å². The van der Waals surface area contributed by atoms with Gasteiger partial charge in [0, 0.05) is 18.8 Å². The summed E-state index contributed by atoms with van der Waals surface area (Å²) >= 11 is 5.91. The minimum Gasteiger partial charge on any atom is -0.399 e. The molecule has 0 aliphatic heterocycles. The predicted molar refractivity (Wildman–Crippen MR) is 66.8 cm³/mol. The van der Waals surface area contributed by atoms with Crippen LogP contribution in [0.3, 0.4) is 0 Å². The van der Waals surface area contributed by atoms with Crippen LogP contribution in [0, 0.1) is 0 Å². The number of rotatable bonds is 4.